The van der Waals surface area contributed by atoms with E-state index in [2.05, 4.69) is 39.7 Å². The first-order valence-corrected chi connectivity index (χ1v) is 9.54. The maximum atomic E-state index is 11.7. The van der Waals surface area contributed by atoms with E-state index >= 15 is 0 Å². The summed E-state index contributed by atoms with van der Waals surface area (Å²) in [6, 6.07) is 0.965. The molecule has 0 spiro atoms. The third kappa shape index (κ3) is 10.9. The summed E-state index contributed by atoms with van der Waals surface area (Å²) in [7, 11) is 1.77. The molecule has 3 N–H and O–H groups in total. The van der Waals surface area contributed by atoms with Gasteiger partial charge in [0.05, 0.1) is 0 Å². The van der Waals surface area contributed by atoms with Crippen molar-refractivity contribution in [3.8, 4) is 0 Å². The molecule has 1 aliphatic rings. The van der Waals surface area contributed by atoms with Crippen LogP contribution in [0.1, 0.15) is 59.3 Å². The second-order valence-corrected chi connectivity index (χ2v) is 6.79. The highest BCUT2D eigenvalue weighted by Gasteiger charge is 2.17. The van der Waals surface area contributed by atoms with Crippen LogP contribution < -0.4 is 16.0 Å². The van der Waals surface area contributed by atoms with Gasteiger partial charge in [0.2, 0.25) is 5.91 Å². The minimum absolute atomic E-state index is 0. The van der Waals surface area contributed by atoms with E-state index < -0.39 is 0 Å². The minimum atomic E-state index is 0. The van der Waals surface area contributed by atoms with Gasteiger partial charge in [-0.05, 0) is 46.1 Å². The molecule has 1 amide bonds. The van der Waals surface area contributed by atoms with Crippen LogP contribution in [0.25, 0.3) is 0 Å². The van der Waals surface area contributed by atoms with Crippen molar-refractivity contribution >= 4 is 35.8 Å². The van der Waals surface area contributed by atoms with Crippen molar-refractivity contribution in [2.45, 2.75) is 71.4 Å². The summed E-state index contributed by atoms with van der Waals surface area (Å²) in [5.41, 5.74) is 0. The number of rotatable bonds is 9. The van der Waals surface area contributed by atoms with Crippen molar-refractivity contribution in [3.05, 3.63) is 0 Å². The van der Waals surface area contributed by atoms with Crippen molar-refractivity contribution in [2.75, 3.05) is 33.2 Å². The topological polar surface area (TPSA) is 68.8 Å². The zero-order chi connectivity index (χ0) is 17.8. The highest BCUT2D eigenvalue weighted by molar-refractivity contribution is 14.0. The van der Waals surface area contributed by atoms with Crippen molar-refractivity contribution in [3.63, 3.8) is 0 Å². The monoisotopic (exact) mass is 467 g/mol. The fraction of sp³-hybridized carbons (Fsp3) is 0.889. The van der Waals surface area contributed by atoms with Crippen LogP contribution in [0.5, 0.6) is 0 Å². The molecule has 1 aliphatic heterocycles. The van der Waals surface area contributed by atoms with Crippen molar-refractivity contribution in [1.82, 2.24) is 20.9 Å². The lowest BCUT2D eigenvalue weighted by Crippen LogP contribution is -2.42. The first-order chi connectivity index (χ1) is 11.6. The third-order valence-corrected chi connectivity index (χ3v) is 4.74. The van der Waals surface area contributed by atoms with E-state index in [1.165, 1.54) is 25.8 Å². The predicted octanol–water partition coefficient (Wildman–Crippen LogP) is 2.34. The lowest BCUT2D eigenvalue weighted by molar-refractivity contribution is -0.121. The maximum Gasteiger partial charge on any atom is 0.221 e. The molecule has 0 aromatic carbocycles. The molecule has 0 bridgehead atoms. The van der Waals surface area contributed by atoms with Crippen LogP contribution in [0, 0.1) is 0 Å². The highest BCUT2D eigenvalue weighted by Crippen LogP contribution is 2.15. The van der Waals surface area contributed by atoms with Crippen molar-refractivity contribution < 1.29 is 4.79 Å². The molecule has 0 aromatic rings. The second kappa shape index (κ2) is 14.6. The first kappa shape index (κ1) is 24.4. The van der Waals surface area contributed by atoms with Crippen LogP contribution in [0.15, 0.2) is 4.99 Å². The molecule has 2 atom stereocenters. The number of likely N-dealkylation sites (tertiary alicyclic amines) is 1. The molecule has 148 valence electrons. The summed E-state index contributed by atoms with van der Waals surface area (Å²) in [5, 5.41) is 9.50. The summed E-state index contributed by atoms with van der Waals surface area (Å²) in [6.45, 7) is 10.3. The molecule has 0 aliphatic carbocycles. The van der Waals surface area contributed by atoms with Gasteiger partial charge in [-0.25, -0.2) is 0 Å². The first-order valence-electron chi connectivity index (χ1n) is 9.54. The molecule has 0 aromatic heterocycles. The van der Waals surface area contributed by atoms with Gasteiger partial charge in [0.15, 0.2) is 5.96 Å². The average Bonchev–Trinajstić information content (AvgIpc) is 2.58. The molecule has 7 heteroatoms. The maximum absolute atomic E-state index is 11.7. The second-order valence-electron chi connectivity index (χ2n) is 6.79. The van der Waals surface area contributed by atoms with Crippen LogP contribution >= 0.6 is 24.0 Å². The van der Waals surface area contributed by atoms with E-state index in [1.807, 2.05) is 6.92 Å². The number of piperidine rings is 1. The SMILES string of the molecule is CCC(C)NC(=O)CCNC(=NC)NCCCN1CCCCC1C.I. The Morgan fingerprint density at radius 3 is 2.64 bits per heavy atom. The number of nitrogens with zero attached hydrogens (tertiary/aromatic N) is 2. The van der Waals surface area contributed by atoms with E-state index in [9.17, 15) is 4.79 Å². The lowest BCUT2D eigenvalue weighted by atomic mass is 10.0. The molecule has 0 saturated carbocycles. The zero-order valence-corrected chi connectivity index (χ0v) is 18.8. The van der Waals surface area contributed by atoms with Crippen molar-refractivity contribution in [2.24, 2.45) is 4.99 Å². The molecule has 0 radical (unpaired) electrons. The fourth-order valence-corrected chi connectivity index (χ4v) is 2.94. The van der Waals surface area contributed by atoms with Crippen molar-refractivity contribution in [1.29, 1.82) is 0 Å². The van der Waals surface area contributed by atoms with Gasteiger partial charge in [0.25, 0.3) is 0 Å². The number of halogens is 1. The quantitative estimate of drug-likeness (QED) is 0.211. The van der Waals surface area contributed by atoms with Gasteiger partial charge in [0, 0.05) is 45.2 Å². The average molecular weight is 467 g/mol. The normalized spacial score (nSPS) is 19.7. The van der Waals surface area contributed by atoms with E-state index in [-0.39, 0.29) is 35.9 Å². The molecule has 6 nitrogen and oxygen atoms in total. The Labute approximate surface area is 171 Å². The van der Waals surface area contributed by atoms with Crippen LogP contribution in [0.4, 0.5) is 0 Å². The number of amides is 1. The lowest BCUT2D eigenvalue weighted by Gasteiger charge is -2.33. The van der Waals surface area contributed by atoms with Gasteiger partial charge in [0.1, 0.15) is 0 Å². The smallest absolute Gasteiger partial charge is 0.221 e. The number of nitrogens with one attached hydrogen (secondary N) is 3. The Balaban J connectivity index is 0.00000576. The third-order valence-electron chi connectivity index (χ3n) is 4.74. The van der Waals surface area contributed by atoms with Crippen LogP contribution in [0.3, 0.4) is 0 Å². The molecule has 1 saturated heterocycles. The molecule has 1 fully saturated rings. The molecular weight excluding hydrogens is 429 g/mol. The minimum Gasteiger partial charge on any atom is -0.356 e. The standard InChI is InChI=1S/C18H37N5O.HI/c1-5-15(2)22-17(24)10-12-21-18(19-4)20-11-8-14-23-13-7-6-9-16(23)3;/h15-16H,5-14H2,1-4H3,(H,22,24)(H2,19,20,21);1H. The predicted molar refractivity (Wildman–Crippen MR) is 117 cm³/mol. The van der Waals surface area contributed by atoms with E-state index in [4.69, 9.17) is 0 Å². The van der Waals surface area contributed by atoms with Gasteiger partial charge in [-0.3, -0.25) is 9.79 Å². The van der Waals surface area contributed by atoms with Gasteiger partial charge in [-0.15, -0.1) is 24.0 Å². The molecular formula is C18H38IN5O. The molecule has 1 heterocycles. The summed E-state index contributed by atoms with van der Waals surface area (Å²) in [6.07, 6.45) is 6.57. The zero-order valence-electron chi connectivity index (χ0n) is 16.4. The number of carbonyl (C=O) groups is 1. The Hall–Kier alpha value is -0.570. The number of aliphatic imine (C=N–C) groups is 1. The van der Waals surface area contributed by atoms with Gasteiger partial charge in [-0.2, -0.15) is 0 Å². The van der Waals surface area contributed by atoms with E-state index in [0.717, 1.165) is 37.9 Å². The number of carbonyl (C=O) groups excluding carboxylic acids is 1. The fourth-order valence-electron chi connectivity index (χ4n) is 2.94. The van der Waals surface area contributed by atoms with E-state index in [0.29, 0.717) is 13.0 Å². The number of hydrogen-bond acceptors (Lipinski definition) is 3. The van der Waals surface area contributed by atoms with Crippen LogP contribution in [0.2, 0.25) is 0 Å². The summed E-state index contributed by atoms with van der Waals surface area (Å²) < 4.78 is 0. The Kier molecular flexibility index (Phi) is 14.3. The van der Waals surface area contributed by atoms with Gasteiger partial charge >= 0.3 is 0 Å². The summed E-state index contributed by atoms with van der Waals surface area (Å²) in [5.74, 6) is 0.865. The number of guanidine groups is 1. The summed E-state index contributed by atoms with van der Waals surface area (Å²) >= 11 is 0. The highest BCUT2D eigenvalue weighted by atomic mass is 127. The Bertz CT molecular complexity index is 392. The van der Waals surface area contributed by atoms with E-state index in [1.54, 1.807) is 7.05 Å². The molecule has 2 unspecified atom stereocenters. The van der Waals surface area contributed by atoms with Gasteiger partial charge < -0.3 is 20.9 Å². The Morgan fingerprint density at radius 1 is 1.28 bits per heavy atom. The largest absolute Gasteiger partial charge is 0.356 e. The molecule has 1 rings (SSSR count). The van der Waals surface area contributed by atoms with Gasteiger partial charge in [-0.1, -0.05) is 13.3 Å². The van der Waals surface area contributed by atoms with Crippen LogP contribution in [-0.2, 0) is 4.79 Å². The Morgan fingerprint density at radius 2 is 2.00 bits per heavy atom. The molecule has 25 heavy (non-hydrogen) atoms. The number of hydrogen-bond donors (Lipinski definition) is 3. The summed E-state index contributed by atoms with van der Waals surface area (Å²) in [4.78, 5) is 18.5. The van der Waals surface area contributed by atoms with Crippen LogP contribution in [-0.4, -0.2) is 62.1 Å².